The van der Waals surface area contributed by atoms with Gasteiger partial charge < -0.3 is 9.64 Å². The molecule has 7 nitrogen and oxygen atoms in total. The first-order valence-electron chi connectivity index (χ1n) is 9.77. The number of pyridine rings is 1. The summed E-state index contributed by atoms with van der Waals surface area (Å²) in [5.41, 5.74) is 1.08. The molecule has 1 fully saturated rings. The van der Waals surface area contributed by atoms with E-state index in [1.165, 1.54) is 0 Å². The van der Waals surface area contributed by atoms with Crippen molar-refractivity contribution < 1.29 is 9.53 Å². The van der Waals surface area contributed by atoms with Crippen LogP contribution in [-0.2, 0) is 11.3 Å². The molecule has 27 heavy (non-hydrogen) atoms. The lowest BCUT2D eigenvalue weighted by Crippen LogP contribution is -2.43. The van der Waals surface area contributed by atoms with Gasteiger partial charge in [-0.25, -0.2) is 9.48 Å². The maximum atomic E-state index is 12.6. The number of aromatic nitrogens is 3. The minimum absolute atomic E-state index is 0.0637. The number of hydrogen-bond donors (Lipinski definition) is 1. The minimum atomic E-state index is -0.0637. The van der Waals surface area contributed by atoms with E-state index in [1.54, 1.807) is 12.4 Å². The van der Waals surface area contributed by atoms with E-state index >= 15 is 0 Å². The second-order valence-corrected chi connectivity index (χ2v) is 7.09. The fourth-order valence-electron chi connectivity index (χ4n) is 3.42. The van der Waals surface area contributed by atoms with E-state index in [0.29, 0.717) is 19.7 Å². The van der Waals surface area contributed by atoms with Crippen molar-refractivity contribution in [2.45, 2.75) is 58.3 Å². The number of likely N-dealkylation sites (tertiary alicyclic amines) is 1. The van der Waals surface area contributed by atoms with E-state index in [4.69, 9.17) is 4.74 Å². The number of carbonyl (C=O) groups excluding carboxylic acids is 1. The van der Waals surface area contributed by atoms with Crippen molar-refractivity contribution in [2.75, 3.05) is 18.4 Å². The van der Waals surface area contributed by atoms with Gasteiger partial charge in [0, 0.05) is 31.5 Å². The van der Waals surface area contributed by atoms with Crippen LogP contribution in [0.5, 0.6) is 0 Å². The Hall–Kier alpha value is -2.41. The van der Waals surface area contributed by atoms with Gasteiger partial charge in [-0.15, -0.1) is 0 Å². The highest BCUT2D eigenvalue weighted by Gasteiger charge is 2.24. The maximum Gasteiger partial charge on any atom is 0.323 e. The predicted molar refractivity (Wildman–Crippen MR) is 104 cm³/mol. The molecular weight excluding hydrogens is 342 g/mol. The molecule has 0 aromatic carbocycles. The van der Waals surface area contributed by atoms with Crippen molar-refractivity contribution >= 4 is 11.8 Å². The van der Waals surface area contributed by atoms with Gasteiger partial charge in [-0.2, -0.15) is 5.10 Å². The smallest absolute Gasteiger partial charge is 0.323 e. The van der Waals surface area contributed by atoms with Gasteiger partial charge in [-0.1, -0.05) is 19.4 Å². The third kappa shape index (κ3) is 5.29. The largest absolute Gasteiger partial charge is 0.373 e. The Morgan fingerprint density at radius 1 is 1.33 bits per heavy atom. The SMILES string of the molecule is CCC[C@H](C)n1nccc1NC(=O)N1CCC(OCc2cccnc2)CC1. The number of piperidine rings is 1. The fraction of sp³-hybridized carbons (Fsp3) is 0.550. The molecule has 1 saturated heterocycles. The molecule has 2 amide bonds. The molecule has 1 N–H and O–H groups in total. The number of hydrogen-bond acceptors (Lipinski definition) is 4. The van der Waals surface area contributed by atoms with Gasteiger partial charge in [-0.05, 0) is 37.8 Å². The van der Waals surface area contributed by atoms with Crippen LogP contribution in [0.2, 0.25) is 0 Å². The lowest BCUT2D eigenvalue weighted by atomic mass is 10.1. The standard InChI is InChI=1S/C20H29N5O2/c1-3-5-16(2)25-19(7-11-22-25)23-20(26)24-12-8-18(9-13-24)27-15-17-6-4-10-21-14-17/h4,6-7,10-11,14,16,18H,3,5,8-9,12-13,15H2,1-2H3,(H,23,26)/t16-/m0/s1. The van der Waals surface area contributed by atoms with Crippen molar-refractivity contribution in [2.24, 2.45) is 0 Å². The summed E-state index contributed by atoms with van der Waals surface area (Å²) in [7, 11) is 0. The van der Waals surface area contributed by atoms with Gasteiger partial charge >= 0.3 is 6.03 Å². The number of amides is 2. The Balaban J connectivity index is 1.46. The first-order valence-corrected chi connectivity index (χ1v) is 9.77. The molecule has 0 aliphatic carbocycles. The number of ether oxygens (including phenoxy) is 1. The molecule has 0 bridgehead atoms. The number of rotatable bonds is 7. The molecule has 0 radical (unpaired) electrons. The van der Waals surface area contributed by atoms with Crippen molar-refractivity contribution in [3.8, 4) is 0 Å². The van der Waals surface area contributed by atoms with Gasteiger partial charge in [0.25, 0.3) is 0 Å². The number of nitrogens with zero attached hydrogens (tertiary/aromatic N) is 4. The third-order valence-corrected chi connectivity index (χ3v) is 4.97. The van der Waals surface area contributed by atoms with Gasteiger partial charge in [0.2, 0.25) is 0 Å². The average molecular weight is 371 g/mol. The molecule has 0 saturated carbocycles. The summed E-state index contributed by atoms with van der Waals surface area (Å²) < 4.78 is 7.86. The van der Waals surface area contributed by atoms with Crippen LogP contribution in [0.25, 0.3) is 0 Å². The van der Waals surface area contributed by atoms with Gasteiger partial charge in [0.15, 0.2) is 0 Å². The van der Waals surface area contributed by atoms with E-state index in [-0.39, 0.29) is 18.2 Å². The molecule has 146 valence electrons. The Bertz CT molecular complexity index is 710. The fourth-order valence-corrected chi connectivity index (χ4v) is 3.42. The zero-order chi connectivity index (χ0) is 19.1. The summed E-state index contributed by atoms with van der Waals surface area (Å²) in [6.07, 6.45) is 9.31. The first-order chi connectivity index (χ1) is 13.2. The van der Waals surface area contributed by atoms with E-state index in [0.717, 1.165) is 37.1 Å². The van der Waals surface area contributed by atoms with Gasteiger partial charge in [-0.3, -0.25) is 10.3 Å². The molecule has 1 aliphatic heterocycles. The Labute approximate surface area is 160 Å². The van der Waals surface area contributed by atoms with Crippen molar-refractivity contribution in [3.63, 3.8) is 0 Å². The van der Waals surface area contributed by atoms with Crippen LogP contribution in [0.1, 0.15) is 51.1 Å². The minimum Gasteiger partial charge on any atom is -0.373 e. The summed E-state index contributed by atoms with van der Waals surface area (Å²) in [6.45, 7) is 6.24. The third-order valence-electron chi connectivity index (χ3n) is 4.97. The van der Waals surface area contributed by atoms with Crippen LogP contribution in [0.3, 0.4) is 0 Å². The van der Waals surface area contributed by atoms with Gasteiger partial charge in [0.1, 0.15) is 5.82 Å². The highest BCUT2D eigenvalue weighted by Crippen LogP contribution is 2.20. The Morgan fingerprint density at radius 3 is 2.85 bits per heavy atom. The van der Waals surface area contributed by atoms with E-state index < -0.39 is 0 Å². The predicted octanol–water partition coefficient (Wildman–Crippen LogP) is 3.85. The average Bonchev–Trinajstić information content (AvgIpc) is 3.16. The van der Waals surface area contributed by atoms with Crippen LogP contribution in [0, 0.1) is 0 Å². The van der Waals surface area contributed by atoms with Gasteiger partial charge in [0.05, 0.1) is 24.9 Å². The molecule has 3 rings (SSSR count). The highest BCUT2D eigenvalue weighted by molar-refractivity contribution is 5.88. The molecule has 7 heteroatoms. The summed E-state index contributed by atoms with van der Waals surface area (Å²) in [6, 6.07) is 5.99. The lowest BCUT2D eigenvalue weighted by molar-refractivity contribution is 0.00528. The van der Waals surface area contributed by atoms with Crippen LogP contribution in [-0.4, -0.2) is 44.9 Å². The molecule has 0 unspecified atom stereocenters. The monoisotopic (exact) mass is 371 g/mol. The van der Waals surface area contributed by atoms with Crippen molar-refractivity contribution in [1.82, 2.24) is 19.7 Å². The quantitative estimate of drug-likeness (QED) is 0.802. The molecule has 3 heterocycles. The van der Waals surface area contributed by atoms with Crippen LogP contribution < -0.4 is 5.32 Å². The Morgan fingerprint density at radius 2 is 2.15 bits per heavy atom. The number of nitrogens with one attached hydrogen (secondary N) is 1. The normalized spacial score (nSPS) is 16.3. The Kier molecular flexibility index (Phi) is 6.81. The molecule has 0 spiro atoms. The van der Waals surface area contributed by atoms with Crippen LogP contribution in [0.4, 0.5) is 10.6 Å². The highest BCUT2D eigenvalue weighted by atomic mass is 16.5. The summed E-state index contributed by atoms with van der Waals surface area (Å²) in [4.78, 5) is 18.6. The molecule has 1 aliphatic rings. The number of urea groups is 1. The van der Waals surface area contributed by atoms with Crippen molar-refractivity contribution in [3.05, 3.63) is 42.4 Å². The second-order valence-electron chi connectivity index (χ2n) is 7.09. The van der Waals surface area contributed by atoms with E-state index in [1.807, 2.05) is 34.0 Å². The summed E-state index contributed by atoms with van der Waals surface area (Å²) in [5, 5.41) is 7.37. The zero-order valence-corrected chi connectivity index (χ0v) is 16.2. The summed E-state index contributed by atoms with van der Waals surface area (Å²) >= 11 is 0. The molecule has 2 aromatic rings. The molecular formula is C20H29N5O2. The lowest BCUT2D eigenvalue weighted by Gasteiger charge is -2.32. The number of anilines is 1. The zero-order valence-electron chi connectivity index (χ0n) is 16.2. The molecule has 1 atom stereocenters. The van der Waals surface area contributed by atoms with Crippen LogP contribution >= 0.6 is 0 Å². The molecule has 2 aromatic heterocycles. The van der Waals surface area contributed by atoms with E-state index in [2.05, 4.69) is 29.2 Å². The summed E-state index contributed by atoms with van der Waals surface area (Å²) in [5.74, 6) is 0.760. The maximum absolute atomic E-state index is 12.6. The van der Waals surface area contributed by atoms with Crippen molar-refractivity contribution in [1.29, 1.82) is 0 Å². The topological polar surface area (TPSA) is 72.3 Å². The van der Waals surface area contributed by atoms with Crippen LogP contribution in [0.15, 0.2) is 36.8 Å². The second kappa shape index (κ2) is 9.50. The van der Waals surface area contributed by atoms with E-state index in [9.17, 15) is 4.79 Å². The first kappa shape index (κ1) is 19.4. The number of carbonyl (C=O) groups is 1.